The molecule has 1 atom stereocenters. The summed E-state index contributed by atoms with van der Waals surface area (Å²) in [5, 5.41) is 12.9. The molecular weight excluding hydrogens is 264 g/mol. The number of nitrogens with one attached hydrogen (secondary N) is 1. The van der Waals surface area contributed by atoms with Crippen LogP contribution >= 0.6 is 11.6 Å². The zero-order valence-corrected chi connectivity index (χ0v) is 11.7. The first kappa shape index (κ1) is 14.3. The lowest BCUT2D eigenvalue weighted by Crippen LogP contribution is -2.47. The van der Waals surface area contributed by atoms with Gasteiger partial charge in [-0.25, -0.2) is 0 Å². The lowest BCUT2D eigenvalue weighted by Gasteiger charge is -2.33. The maximum atomic E-state index is 12.2. The van der Waals surface area contributed by atoms with Crippen LogP contribution in [0.25, 0.3) is 0 Å². The van der Waals surface area contributed by atoms with Gasteiger partial charge in [0.05, 0.1) is 22.9 Å². The van der Waals surface area contributed by atoms with Gasteiger partial charge in [-0.3, -0.25) is 9.69 Å². The number of nitrogens with zero attached hydrogens (tertiary/aromatic N) is 1. The lowest BCUT2D eigenvalue weighted by molar-refractivity contribution is -0.121. The molecule has 1 fully saturated rings. The third-order valence-electron chi connectivity index (χ3n) is 3.56. The fourth-order valence-electron chi connectivity index (χ4n) is 2.24. The molecule has 5 heteroatoms. The van der Waals surface area contributed by atoms with E-state index in [0.29, 0.717) is 10.7 Å². The minimum Gasteiger partial charge on any atom is -0.393 e. The summed E-state index contributed by atoms with van der Waals surface area (Å²) in [7, 11) is 0. The van der Waals surface area contributed by atoms with Gasteiger partial charge >= 0.3 is 0 Å². The first-order valence-electron chi connectivity index (χ1n) is 6.55. The number of aliphatic hydroxyl groups excluding tert-OH is 1. The highest BCUT2D eigenvalue weighted by molar-refractivity contribution is 6.33. The first-order valence-corrected chi connectivity index (χ1v) is 6.93. The minimum absolute atomic E-state index is 0.0653. The highest BCUT2D eigenvalue weighted by Gasteiger charge is 2.25. The number of piperidine rings is 1. The van der Waals surface area contributed by atoms with E-state index < -0.39 is 0 Å². The smallest absolute Gasteiger partial charge is 0.241 e. The molecule has 0 saturated carbocycles. The van der Waals surface area contributed by atoms with E-state index in [0.717, 1.165) is 25.9 Å². The third kappa shape index (κ3) is 3.69. The molecule has 4 nitrogen and oxygen atoms in total. The van der Waals surface area contributed by atoms with E-state index in [2.05, 4.69) is 10.2 Å². The second-order valence-electron chi connectivity index (χ2n) is 4.91. The number of anilines is 1. The maximum absolute atomic E-state index is 12.2. The van der Waals surface area contributed by atoms with Crippen LogP contribution in [-0.4, -0.2) is 41.1 Å². The number of hydrogen-bond acceptors (Lipinski definition) is 3. The van der Waals surface area contributed by atoms with Crippen LogP contribution in [0.5, 0.6) is 0 Å². The van der Waals surface area contributed by atoms with Gasteiger partial charge in [0.15, 0.2) is 0 Å². The van der Waals surface area contributed by atoms with Crippen LogP contribution in [0, 0.1) is 0 Å². The molecule has 2 N–H and O–H groups in total. The molecule has 0 unspecified atom stereocenters. The Morgan fingerprint density at radius 3 is 2.68 bits per heavy atom. The number of hydrogen-bond donors (Lipinski definition) is 2. The molecule has 0 aromatic heterocycles. The Bertz CT molecular complexity index is 445. The zero-order chi connectivity index (χ0) is 13.8. The summed E-state index contributed by atoms with van der Waals surface area (Å²) in [5.74, 6) is -0.0653. The molecule has 2 rings (SSSR count). The van der Waals surface area contributed by atoms with Gasteiger partial charge in [-0.15, -0.1) is 0 Å². The Morgan fingerprint density at radius 2 is 2.05 bits per heavy atom. The van der Waals surface area contributed by atoms with Crippen molar-refractivity contribution in [1.82, 2.24) is 4.90 Å². The fourth-order valence-corrected chi connectivity index (χ4v) is 2.42. The predicted molar refractivity (Wildman–Crippen MR) is 76.4 cm³/mol. The molecule has 104 valence electrons. The normalized spacial score (nSPS) is 19.1. The van der Waals surface area contributed by atoms with E-state index in [9.17, 15) is 9.90 Å². The van der Waals surface area contributed by atoms with Crippen LogP contribution in [-0.2, 0) is 4.79 Å². The molecule has 1 aromatic carbocycles. The average molecular weight is 283 g/mol. The first-order chi connectivity index (χ1) is 9.08. The molecule has 0 aliphatic carbocycles. The van der Waals surface area contributed by atoms with Crippen molar-refractivity contribution in [3.63, 3.8) is 0 Å². The Kier molecular flexibility index (Phi) is 4.80. The van der Waals surface area contributed by atoms with Gasteiger partial charge < -0.3 is 10.4 Å². The predicted octanol–water partition coefficient (Wildman–Crippen LogP) is 2.12. The van der Waals surface area contributed by atoms with Crippen molar-refractivity contribution in [2.75, 3.05) is 18.4 Å². The highest BCUT2D eigenvalue weighted by Crippen LogP contribution is 2.21. The molecular formula is C14H19ClN2O2. The van der Waals surface area contributed by atoms with Crippen molar-refractivity contribution in [3.8, 4) is 0 Å². The SMILES string of the molecule is C[C@H](C(=O)Nc1ccccc1Cl)N1CCC(O)CC1. The van der Waals surface area contributed by atoms with Gasteiger partial charge in [-0.2, -0.15) is 0 Å². The Hall–Kier alpha value is -1.10. The third-order valence-corrected chi connectivity index (χ3v) is 3.89. The van der Waals surface area contributed by atoms with Crippen molar-refractivity contribution in [2.45, 2.75) is 31.9 Å². The summed E-state index contributed by atoms with van der Waals surface area (Å²) < 4.78 is 0. The number of aliphatic hydroxyl groups is 1. The Labute approximate surface area is 118 Å². The van der Waals surface area contributed by atoms with E-state index in [-0.39, 0.29) is 18.1 Å². The van der Waals surface area contributed by atoms with Crippen molar-refractivity contribution >= 4 is 23.2 Å². The summed E-state index contributed by atoms with van der Waals surface area (Å²) in [6.07, 6.45) is 1.23. The monoisotopic (exact) mass is 282 g/mol. The van der Waals surface area contributed by atoms with Crippen molar-refractivity contribution < 1.29 is 9.90 Å². The summed E-state index contributed by atoms with van der Waals surface area (Å²) in [6, 6.07) is 6.98. The number of carbonyl (C=O) groups excluding carboxylic acids is 1. The van der Waals surface area contributed by atoms with Crippen LogP contribution in [0.3, 0.4) is 0 Å². The number of para-hydroxylation sites is 1. The molecule has 1 saturated heterocycles. The van der Waals surface area contributed by atoms with E-state index in [1.165, 1.54) is 0 Å². The highest BCUT2D eigenvalue weighted by atomic mass is 35.5. The van der Waals surface area contributed by atoms with Gasteiger partial charge in [-0.1, -0.05) is 23.7 Å². The van der Waals surface area contributed by atoms with Crippen molar-refractivity contribution in [1.29, 1.82) is 0 Å². The zero-order valence-electron chi connectivity index (χ0n) is 11.0. The molecule has 19 heavy (non-hydrogen) atoms. The van der Waals surface area contributed by atoms with Crippen LogP contribution in [0.4, 0.5) is 5.69 Å². The van der Waals surface area contributed by atoms with E-state index in [4.69, 9.17) is 11.6 Å². The van der Waals surface area contributed by atoms with E-state index in [1.54, 1.807) is 12.1 Å². The largest absolute Gasteiger partial charge is 0.393 e. The molecule has 1 aliphatic heterocycles. The van der Waals surface area contributed by atoms with Gasteiger partial charge in [0.1, 0.15) is 0 Å². The van der Waals surface area contributed by atoms with Crippen molar-refractivity contribution in [2.24, 2.45) is 0 Å². The Morgan fingerprint density at radius 1 is 1.42 bits per heavy atom. The Balaban J connectivity index is 1.94. The molecule has 1 heterocycles. The molecule has 1 aromatic rings. The van der Waals surface area contributed by atoms with Crippen LogP contribution in [0.1, 0.15) is 19.8 Å². The van der Waals surface area contributed by atoms with Gasteiger partial charge in [0.25, 0.3) is 0 Å². The maximum Gasteiger partial charge on any atom is 0.241 e. The number of benzene rings is 1. The second kappa shape index (κ2) is 6.37. The van der Waals surface area contributed by atoms with Gasteiger partial charge in [0, 0.05) is 13.1 Å². The molecule has 1 aliphatic rings. The molecule has 0 spiro atoms. The molecule has 0 bridgehead atoms. The van der Waals surface area contributed by atoms with E-state index >= 15 is 0 Å². The number of amides is 1. The van der Waals surface area contributed by atoms with Gasteiger partial charge in [-0.05, 0) is 31.9 Å². The summed E-state index contributed by atoms with van der Waals surface area (Å²) in [6.45, 7) is 3.38. The summed E-state index contributed by atoms with van der Waals surface area (Å²) >= 11 is 6.02. The lowest BCUT2D eigenvalue weighted by atomic mass is 10.1. The average Bonchev–Trinajstić information content (AvgIpc) is 2.41. The van der Waals surface area contributed by atoms with Crippen molar-refractivity contribution in [3.05, 3.63) is 29.3 Å². The molecule has 1 amide bonds. The van der Waals surface area contributed by atoms with E-state index in [1.807, 2.05) is 19.1 Å². The van der Waals surface area contributed by atoms with Crippen LogP contribution in [0.2, 0.25) is 5.02 Å². The number of carbonyl (C=O) groups is 1. The standard InChI is InChI=1S/C14H19ClN2O2/c1-10(17-8-6-11(18)7-9-17)14(19)16-13-5-3-2-4-12(13)15/h2-5,10-11,18H,6-9H2,1H3,(H,16,19)/t10-/m1/s1. The van der Waals surface area contributed by atoms with Gasteiger partial charge in [0.2, 0.25) is 5.91 Å². The molecule has 0 radical (unpaired) electrons. The quantitative estimate of drug-likeness (QED) is 0.893. The topological polar surface area (TPSA) is 52.6 Å². The number of rotatable bonds is 3. The second-order valence-corrected chi connectivity index (χ2v) is 5.32. The summed E-state index contributed by atoms with van der Waals surface area (Å²) in [4.78, 5) is 14.3. The van der Waals surface area contributed by atoms with Crippen LogP contribution in [0.15, 0.2) is 24.3 Å². The van der Waals surface area contributed by atoms with Crippen LogP contribution < -0.4 is 5.32 Å². The minimum atomic E-state index is -0.227. The fraction of sp³-hybridized carbons (Fsp3) is 0.500. The summed E-state index contributed by atoms with van der Waals surface area (Å²) in [5.41, 5.74) is 0.637. The number of likely N-dealkylation sites (tertiary alicyclic amines) is 1. The number of halogens is 1.